The maximum absolute atomic E-state index is 4.95. The Balaban J connectivity index is 0. The Kier molecular flexibility index (Phi) is 17.1. The van der Waals surface area contributed by atoms with Crippen molar-refractivity contribution >= 4 is 98.0 Å². The summed E-state index contributed by atoms with van der Waals surface area (Å²) in [4.78, 5) is 0. The van der Waals surface area contributed by atoms with E-state index in [1.54, 1.807) is 0 Å². The van der Waals surface area contributed by atoms with E-state index < -0.39 is 13.0 Å². The molecule has 0 aliphatic carbocycles. The maximum Gasteiger partial charge on any atom is 0 e. The van der Waals surface area contributed by atoms with Crippen LogP contribution in [-0.4, -0.2) is 68.9 Å². The van der Waals surface area contributed by atoms with Gasteiger partial charge in [0.25, 0.3) is 0 Å². The van der Waals surface area contributed by atoms with E-state index in [-0.39, 0.29) is 68.9 Å². The van der Waals surface area contributed by atoms with Crippen LogP contribution in [0.25, 0.3) is 0 Å². The van der Waals surface area contributed by atoms with Gasteiger partial charge in [0.05, 0.1) is 0 Å². The van der Waals surface area contributed by atoms with Gasteiger partial charge in [0.15, 0.2) is 0 Å². The Bertz CT molecular complexity index is 11.6. The second-order valence-electron chi connectivity index (χ2n) is 0.152. The molecular formula is Cl3CsRu. The monoisotopic (exact) mass is 340 g/mol. The molecule has 5 heteroatoms. The van der Waals surface area contributed by atoms with Crippen molar-refractivity contribution < 1.29 is 13.0 Å². The van der Waals surface area contributed by atoms with Crippen LogP contribution in [0, 0.1) is 0 Å². The number of hydrogen-bond donors (Lipinski definition) is 0. The third-order valence-corrected chi connectivity index (χ3v) is 0. The number of rotatable bonds is 0. The van der Waals surface area contributed by atoms with Crippen molar-refractivity contribution in [3.8, 4) is 0 Å². The van der Waals surface area contributed by atoms with Gasteiger partial charge in [-0.2, -0.15) is 0 Å². The van der Waals surface area contributed by atoms with E-state index >= 15 is 0 Å². The molecule has 5 heavy (non-hydrogen) atoms. The molecule has 0 aromatic heterocycles. The predicted octanol–water partition coefficient (Wildman–Crippen LogP) is 1.69. The van der Waals surface area contributed by atoms with Gasteiger partial charge in [0, 0.05) is 68.9 Å². The molecule has 30 valence electrons. The van der Waals surface area contributed by atoms with E-state index in [4.69, 9.17) is 29.1 Å². The molecule has 0 unspecified atom stereocenters. The Hall–Kier alpha value is 3.55. The average molecular weight is 340 g/mol. The third kappa shape index (κ3) is 18.5. The largest absolute Gasteiger partial charge is 0 e. The van der Waals surface area contributed by atoms with Crippen LogP contribution >= 0.6 is 29.1 Å². The molecule has 0 aliphatic rings. The normalized spacial score (nSPS) is 9.00. The number of hydrogen-bond acceptors (Lipinski definition) is 0. The standard InChI is InChI=1S/3ClH.Cs.Ru/h3*1H;;/q;;;;+3/p-3. The van der Waals surface area contributed by atoms with Crippen molar-refractivity contribution in [2.45, 2.75) is 0 Å². The zero-order chi connectivity index (χ0) is 3.58. The van der Waals surface area contributed by atoms with Gasteiger partial charge < -0.3 is 0 Å². The summed E-state index contributed by atoms with van der Waals surface area (Å²) in [5.74, 6) is 0. The van der Waals surface area contributed by atoms with Gasteiger partial charge in [-0.25, -0.2) is 0 Å². The van der Waals surface area contributed by atoms with Gasteiger partial charge >= 0.3 is 42.1 Å². The van der Waals surface area contributed by atoms with Gasteiger partial charge in [0.1, 0.15) is 0 Å². The van der Waals surface area contributed by atoms with Gasteiger partial charge in [-0.1, -0.05) is 0 Å². The summed E-state index contributed by atoms with van der Waals surface area (Å²) < 4.78 is 0. The summed E-state index contributed by atoms with van der Waals surface area (Å²) in [7, 11) is 14.8. The van der Waals surface area contributed by atoms with Crippen LogP contribution in [0.4, 0.5) is 0 Å². The Morgan fingerprint density at radius 3 is 1.00 bits per heavy atom. The topological polar surface area (TPSA) is 0 Å². The zero-order valence-corrected chi connectivity index (χ0v) is 12.8. The smallest absolute Gasteiger partial charge is 0 e. The predicted molar refractivity (Wildman–Crippen MR) is 23.3 cm³/mol. The van der Waals surface area contributed by atoms with Gasteiger partial charge in [-0.3, -0.25) is 0 Å². The summed E-state index contributed by atoms with van der Waals surface area (Å²) >= 11 is -1.75. The third-order valence-electron chi connectivity index (χ3n) is 0. The fourth-order valence-corrected chi connectivity index (χ4v) is 0. The van der Waals surface area contributed by atoms with Crippen molar-refractivity contribution in [3.63, 3.8) is 0 Å². The molecule has 0 saturated carbocycles. The van der Waals surface area contributed by atoms with Crippen molar-refractivity contribution in [2.24, 2.45) is 0 Å². The van der Waals surface area contributed by atoms with Crippen LogP contribution in [-0.2, 0) is 13.0 Å². The Labute approximate surface area is 107 Å². The first-order valence-corrected chi connectivity index (χ1v) is 7.12. The van der Waals surface area contributed by atoms with Gasteiger partial charge in [-0.05, 0) is 0 Å². The van der Waals surface area contributed by atoms with E-state index in [0.717, 1.165) is 0 Å². The van der Waals surface area contributed by atoms with E-state index in [0.29, 0.717) is 0 Å². The summed E-state index contributed by atoms with van der Waals surface area (Å²) in [5.41, 5.74) is 0. The SMILES string of the molecule is [Cl][Ru]([Cl])[Cl].[Cs]. The average Bonchev–Trinajstić information content (AvgIpc) is 0.811. The second-order valence-corrected chi connectivity index (χ2v) is 8.07. The molecule has 0 N–H and O–H groups in total. The Morgan fingerprint density at radius 1 is 1.00 bits per heavy atom. The van der Waals surface area contributed by atoms with E-state index in [1.165, 1.54) is 0 Å². The van der Waals surface area contributed by atoms with Crippen molar-refractivity contribution in [1.29, 1.82) is 0 Å². The molecule has 0 atom stereocenters. The summed E-state index contributed by atoms with van der Waals surface area (Å²) in [6.07, 6.45) is 0. The molecule has 0 aromatic carbocycles. The van der Waals surface area contributed by atoms with E-state index in [2.05, 4.69) is 0 Å². The van der Waals surface area contributed by atoms with Gasteiger partial charge in [-0.15, -0.1) is 0 Å². The number of halogens is 3. The van der Waals surface area contributed by atoms with Crippen molar-refractivity contribution in [3.05, 3.63) is 0 Å². The minimum Gasteiger partial charge on any atom is 0 e. The van der Waals surface area contributed by atoms with Crippen molar-refractivity contribution in [2.75, 3.05) is 0 Å². The van der Waals surface area contributed by atoms with Crippen LogP contribution in [0.2, 0.25) is 0 Å². The molecule has 0 aliphatic heterocycles. The molecule has 0 heterocycles. The van der Waals surface area contributed by atoms with Crippen molar-refractivity contribution in [1.82, 2.24) is 0 Å². The molecular weight excluding hydrogens is 340 g/mol. The minimum atomic E-state index is -1.75. The Morgan fingerprint density at radius 2 is 1.00 bits per heavy atom. The fraction of sp³-hybridized carbons (Fsp3) is 0. The van der Waals surface area contributed by atoms with Crippen LogP contribution in [0.3, 0.4) is 0 Å². The molecule has 1 radical (unpaired) electrons. The molecule has 0 saturated heterocycles. The zero-order valence-electron chi connectivity index (χ0n) is 2.49. The fourth-order valence-electron chi connectivity index (χ4n) is 0. The molecule has 0 fully saturated rings. The second kappa shape index (κ2) is 7.55. The first-order chi connectivity index (χ1) is 1.73. The molecule has 0 amide bonds. The molecule has 0 spiro atoms. The quantitative estimate of drug-likeness (QED) is 0.589. The van der Waals surface area contributed by atoms with Crippen LogP contribution in [0.1, 0.15) is 0 Å². The molecule has 0 nitrogen and oxygen atoms in total. The first kappa shape index (κ1) is 11.4. The van der Waals surface area contributed by atoms with E-state index in [1.807, 2.05) is 0 Å². The van der Waals surface area contributed by atoms with Gasteiger partial charge in [0.2, 0.25) is 0 Å². The van der Waals surface area contributed by atoms with E-state index in [9.17, 15) is 0 Å². The molecule has 0 rings (SSSR count). The summed E-state index contributed by atoms with van der Waals surface area (Å²) in [6, 6.07) is 0. The summed E-state index contributed by atoms with van der Waals surface area (Å²) in [5, 5.41) is 0. The molecule has 0 aromatic rings. The van der Waals surface area contributed by atoms with Crippen LogP contribution < -0.4 is 0 Å². The maximum atomic E-state index is 4.95. The summed E-state index contributed by atoms with van der Waals surface area (Å²) in [6.45, 7) is 0. The molecule has 0 bridgehead atoms. The van der Waals surface area contributed by atoms with Crippen LogP contribution in [0.15, 0.2) is 0 Å². The first-order valence-electron chi connectivity index (χ1n) is 0.401. The minimum absolute atomic E-state index is 0. The van der Waals surface area contributed by atoms with Crippen LogP contribution in [0.5, 0.6) is 0 Å².